The number of hydrogen-bond donors (Lipinski definition) is 0. The number of ether oxygens (including phenoxy) is 2. The quantitative estimate of drug-likeness (QED) is 0.702. The third kappa shape index (κ3) is 4.11. The molecule has 1 aromatic carbocycles. The van der Waals surface area contributed by atoms with E-state index in [4.69, 9.17) is 25.3 Å². The van der Waals surface area contributed by atoms with Gasteiger partial charge in [0.15, 0.2) is 0 Å². The van der Waals surface area contributed by atoms with Gasteiger partial charge in [-0.25, -0.2) is 9.67 Å². The van der Waals surface area contributed by atoms with Gasteiger partial charge in [0, 0.05) is 10.6 Å². The first kappa shape index (κ1) is 17.3. The van der Waals surface area contributed by atoms with E-state index in [2.05, 4.69) is 10.1 Å². The minimum atomic E-state index is -3.55. The molecule has 0 bridgehead atoms. The Bertz CT molecular complexity index is 781. The molecule has 1 aliphatic rings. The maximum absolute atomic E-state index is 11.2. The molecule has 0 radical (unpaired) electrons. The Balaban J connectivity index is 1.82. The molecule has 130 valence electrons. The van der Waals surface area contributed by atoms with Gasteiger partial charge in [-0.1, -0.05) is 23.7 Å². The molecule has 10 heteroatoms. The van der Waals surface area contributed by atoms with Gasteiger partial charge in [-0.2, -0.15) is 13.5 Å². The van der Waals surface area contributed by atoms with Crippen molar-refractivity contribution in [1.82, 2.24) is 14.8 Å². The second-order valence-electron chi connectivity index (χ2n) is 5.39. The van der Waals surface area contributed by atoms with E-state index in [1.54, 1.807) is 35.3 Å². The van der Waals surface area contributed by atoms with Crippen molar-refractivity contribution in [2.45, 2.75) is 18.4 Å². The average Bonchev–Trinajstić information content (AvgIpc) is 3.16. The lowest BCUT2D eigenvalue weighted by molar-refractivity contribution is -0.190. The molecule has 0 unspecified atom stereocenters. The first-order chi connectivity index (χ1) is 11.4. The number of aromatic nitrogens is 3. The van der Waals surface area contributed by atoms with Crippen LogP contribution in [0.15, 0.2) is 36.9 Å². The van der Waals surface area contributed by atoms with E-state index in [1.807, 2.05) is 0 Å². The second-order valence-corrected chi connectivity index (χ2v) is 7.47. The van der Waals surface area contributed by atoms with Crippen molar-refractivity contribution in [3.63, 3.8) is 0 Å². The lowest BCUT2D eigenvalue weighted by atomic mass is 10.1. The van der Waals surface area contributed by atoms with Crippen molar-refractivity contribution in [3.8, 4) is 0 Å². The predicted octanol–water partition coefficient (Wildman–Crippen LogP) is 1.18. The zero-order valence-corrected chi connectivity index (χ0v) is 14.4. The van der Waals surface area contributed by atoms with Crippen LogP contribution in [0.25, 0.3) is 0 Å². The summed E-state index contributed by atoms with van der Waals surface area (Å²) in [6, 6.07) is 7.04. The standard InChI is InChI=1S/C14H16ClN3O5S/c1-24(19,20)22-7-13-6-21-14(23-13,8-18-10-16-9-17-18)11-2-4-12(15)5-3-11/h2-5,9-10,13H,6-8H2,1H3/t13-,14+/m1/s1. The fourth-order valence-corrected chi connectivity index (χ4v) is 2.93. The first-order valence-corrected chi connectivity index (χ1v) is 9.30. The molecular formula is C14H16ClN3O5S. The maximum atomic E-state index is 11.2. The molecule has 0 saturated carbocycles. The van der Waals surface area contributed by atoms with Crippen molar-refractivity contribution >= 4 is 21.7 Å². The fourth-order valence-electron chi connectivity index (χ4n) is 2.40. The Morgan fingerprint density at radius 2 is 2.17 bits per heavy atom. The minimum Gasteiger partial charge on any atom is -0.342 e. The SMILES string of the molecule is CS(=O)(=O)OC[C@H]1CO[C@](Cn2cncn2)(c2ccc(Cl)cc2)O1. The second kappa shape index (κ2) is 6.77. The number of nitrogens with zero attached hydrogens (tertiary/aromatic N) is 3. The Morgan fingerprint density at radius 1 is 1.42 bits per heavy atom. The van der Waals surface area contributed by atoms with E-state index in [9.17, 15) is 8.42 Å². The molecular weight excluding hydrogens is 358 g/mol. The van der Waals surface area contributed by atoms with Gasteiger partial charge in [0.25, 0.3) is 10.1 Å². The van der Waals surface area contributed by atoms with Crippen LogP contribution in [0.2, 0.25) is 5.02 Å². The molecule has 0 spiro atoms. The molecule has 8 nitrogen and oxygen atoms in total. The smallest absolute Gasteiger partial charge is 0.264 e. The highest BCUT2D eigenvalue weighted by atomic mass is 35.5. The zero-order chi connectivity index (χ0) is 17.2. The van der Waals surface area contributed by atoms with Gasteiger partial charge >= 0.3 is 0 Å². The average molecular weight is 374 g/mol. The summed E-state index contributed by atoms with van der Waals surface area (Å²) in [6.07, 6.45) is 3.42. The number of halogens is 1. The molecule has 0 aliphatic carbocycles. The van der Waals surface area contributed by atoms with Crippen molar-refractivity contribution in [2.24, 2.45) is 0 Å². The highest BCUT2D eigenvalue weighted by Gasteiger charge is 2.44. The van der Waals surface area contributed by atoms with Crippen LogP contribution in [0.5, 0.6) is 0 Å². The Labute approximate surface area is 144 Å². The third-order valence-electron chi connectivity index (χ3n) is 3.45. The largest absolute Gasteiger partial charge is 0.342 e. The van der Waals surface area contributed by atoms with E-state index in [0.717, 1.165) is 11.8 Å². The highest BCUT2D eigenvalue weighted by Crippen LogP contribution is 2.36. The van der Waals surface area contributed by atoms with Crippen LogP contribution in [-0.2, 0) is 36.1 Å². The molecule has 0 amide bonds. The Morgan fingerprint density at radius 3 is 2.79 bits per heavy atom. The summed E-state index contributed by atoms with van der Waals surface area (Å²) in [4.78, 5) is 3.91. The van der Waals surface area contributed by atoms with Gasteiger partial charge in [0.05, 0.1) is 19.5 Å². The minimum absolute atomic E-state index is 0.120. The molecule has 1 saturated heterocycles. The van der Waals surface area contributed by atoms with Crippen LogP contribution in [0.4, 0.5) is 0 Å². The van der Waals surface area contributed by atoms with Crippen molar-refractivity contribution in [3.05, 3.63) is 47.5 Å². The van der Waals surface area contributed by atoms with Gasteiger partial charge in [-0.15, -0.1) is 0 Å². The van der Waals surface area contributed by atoms with E-state index in [1.165, 1.54) is 6.33 Å². The van der Waals surface area contributed by atoms with E-state index in [0.29, 0.717) is 5.02 Å². The molecule has 2 aromatic rings. The van der Waals surface area contributed by atoms with Crippen molar-refractivity contribution in [2.75, 3.05) is 19.5 Å². The summed E-state index contributed by atoms with van der Waals surface area (Å²) in [5, 5.41) is 4.66. The van der Waals surface area contributed by atoms with E-state index in [-0.39, 0.29) is 19.8 Å². The van der Waals surface area contributed by atoms with Crippen LogP contribution >= 0.6 is 11.6 Å². The molecule has 2 heterocycles. The Hall–Kier alpha value is -1.52. The monoisotopic (exact) mass is 373 g/mol. The summed E-state index contributed by atoms with van der Waals surface area (Å²) < 4.78 is 40.6. The lowest BCUT2D eigenvalue weighted by Gasteiger charge is -2.28. The summed E-state index contributed by atoms with van der Waals surface area (Å²) in [5.41, 5.74) is 0.740. The zero-order valence-electron chi connectivity index (χ0n) is 12.8. The Kier molecular flexibility index (Phi) is 4.88. The summed E-state index contributed by atoms with van der Waals surface area (Å²) in [7, 11) is -3.55. The van der Waals surface area contributed by atoms with Crippen LogP contribution in [0, 0.1) is 0 Å². The number of benzene rings is 1. The summed E-state index contributed by atoms with van der Waals surface area (Å²) in [6.45, 7) is 0.322. The van der Waals surface area contributed by atoms with E-state index < -0.39 is 22.0 Å². The van der Waals surface area contributed by atoms with Gasteiger partial charge < -0.3 is 9.47 Å². The summed E-state index contributed by atoms with van der Waals surface area (Å²) >= 11 is 5.94. The van der Waals surface area contributed by atoms with Gasteiger partial charge in [0.1, 0.15) is 25.3 Å². The summed E-state index contributed by atoms with van der Waals surface area (Å²) in [5.74, 6) is -1.12. The van der Waals surface area contributed by atoms with Gasteiger partial charge in [-0.05, 0) is 12.1 Å². The molecule has 3 rings (SSSR count). The number of hydrogen-bond acceptors (Lipinski definition) is 7. The predicted molar refractivity (Wildman–Crippen MR) is 84.8 cm³/mol. The van der Waals surface area contributed by atoms with Gasteiger partial charge in [0.2, 0.25) is 5.79 Å². The fraction of sp³-hybridized carbons (Fsp3) is 0.429. The van der Waals surface area contributed by atoms with E-state index >= 15 is 0 Å². The lowest BCUT2D eigenvalue weighted by Crippen LogP contribution is -2.34. The third-order valence-corrected chi connectivity index (χ3v) is 4.26. The van der Waals surface area contributed by atoms with Crippen molar-refractivity contribution < 1.29 is 22.1 Å². The first-order valence-electron chi connectivity index (χ1n) is 7.11. The molecule has 1 aliphatic heterocycles. The highest BCUT2D eigenvalue weighted by molar-refractivity contribution is 7.85. The normalized spacial score (nSPS) is 24.3. The topological polar surface area (TPSA) is 92.5 Å². The van der Waals surface area contributed by atoms with Crippen molar-refractivity contribution in [1.29, 1.82) is 0 Å². The molecule has 1 aromatic heterocycles. The molecule has 1 fully saturated rings. The number of rotatable bonds is 6. The van der Waals surface area contributed by atoms with Crippen LogP contribution in [0.3, 0.4) is 0 Å². The molecule has 2 atom stereocenters. The van der Waals surface area contributed by atoms with Gasteiger partial charge in [-0.3, -0.25) is 4.18 Å². The van der Waals surface area contributed by atoms with Crippen LogP contribution < -0.4 is 0 Å². The van der Waals surface area contributed by atoms with Crippen LogP contribution in [0.1, 0.15) is 5.56 Å². The molecule has 24 heavy (non-hydrogen) atoms. The van der Waals surface area contributed by atoms with Crippen LogP contribution in [-0.4, -0.2) is 48.8 Å². The maximum Gasteiger partial charge on any atom is 0.264 e. The molecule has 0 N–H and O–H groups in total.